The summed E-state index contributed by atoms with van der Waals surface area (Å²) in [6.07, 6.45) is 1.46. The molecular formula is C23H19N3O5. The van der Waals surface area contributed by atoms with E-state index in [4.69, 9.17) is 14.9 Å². The minimum absolute atomic E-state index is 0.0243. The Labute approximate surface area is 176 Å². The number of carbonyl (C=O) groups is 2. The number of pyridine rings is 1. The van der Waals surface area contributed by atoms with Crippen LogP contribution in [0.15, 0.2) is 70.0 Å². The van der Waals surface area contributed by atoms with Crippen LogP contribution in [0.2, 0.25) is 0 Å². The van der Waals surface area contributed by atoms with Gasteiger partial charge in [0.2, 0.25) is 5.91 Å². The maximum atomic E-state index is 12.8. The number of methoxy groups -OCH3 is 1. The minimum atomic E-state index is -1.04. The summed E-state index contributed by atoms with van der Waals surface area (Å²) in [5.41, 5.74) is 6.85. The van der Waals surface area contributed by atoms with Crippen LogP contribution in [0.1, 0.15) is 15.9 Å². The van der Waals surface area contributed by atoms with Gasteiger partial charge in [-0.05, 0) is 29.8 Å². The molecule has 0 radical (unpaired) electrons. The molecule has 8 nitrogen and oxygen atoms in total. The molecule has 0 saturated heterocycles. The van der Waals surface area contributed by atoms with Gasteiger partial charge in [0.25, 0.3) is 5.91 Å². The molecule has 2 heterocycles. The normalized spacial score (nSPS) is 11.9. The number of para-hydroxylation sites is 1. The van der Waals surface area contributed by atoms with Gasteiger partial charge in [0, 0.05) is 35.5 Å². The zero-order valence-electron chi connectivity index (χ0n) is 16.6. The summed E-state index contributed by atoms with van der Waals surface area (Å²) in [7, 11) is 1.50. The molecule has 0 spiro atoms. The molecule has 4 rings (SSSR count). The Hall–Kier alpha value is -4.20. The highest BCUT2D eigenvalue weighted by Gasteiger charge is 2.22. The molecule has 0 aliphatic carbocycles. The molecule has 4 aromatic rings. The number of rotatable bonds is 6. The third kappa shape index (κ3) is 4.23. The number of hydrogen-bond acceptors (Lipinski definition) is 6. The summed E-state index contributed by atoms with van der Waals surface area (Å²) >= 11 is 0. The Bertz CT molecular complexity index is 1360. The maximum absolute atomic E-state index is 12.8. The van der Waals surface area contributed by atoms with Crippen molar-refractivity contribution in [3.63, 3.8) is 0 Å². The van der Waals surface area contributed by atoms with Gasteiger partial charge in [-0.2, -0.15) is 0 Å². The lowest BCUT2D eigenvalue weighted by Crippen LogP contribution is -2.46. The molecule has 0 aliphatic rings. The lowest BCUT2D eigenvalue weighted by molar-refractivity contribution is -0.119. The molecule has 156 valence electrons. The number of hydrogen-bond donors (Lipinski definition) is 2. The first-order chi connectivity index (χ1) is 14.9. The number of carbonyl (C=O) groups excluding carboxylic acids is 2. The van der Waals surface area contributed by atoms with Crippen LogP contribution in [0.3, 0.4) is 0 Å². The zero-order valence-corrected chi connectivity index (χ0v) is 16.6. The number of ether oxygens (including phenoxy) is 1. The number of amides is 2. The maximum Gasteiger partial charge on any atom is 0.336 e. The van der Waals surface area contributed by atoms with Crippen LogP contribution in [0.4, 0.5) is 0 Å². The van der Waals surface area contributed by atoms with Crippen LogP contribution in [-0.4, -0.2) is 29.9 Å². The highest BCUT2D eigenvalue weighted by Crippen LogP contribution is 2.23. The molecule has 2 amide bonds. The third-order valence-electron chi connectivity index (χ3n) is 4.96. The van der Waals surface area contributed by atoms with Gasteiger partial charge < -0.3 is 20.2 Å². The quantitative estimate of drug-likeness (QED) is 0.463. The van der Waals surface area contributed by atoms with E-state index in [9.17, 15) is 14.4 Å². The van der Waals surface area contributed by atoms with Crippen molar-refractivity contribution >= 4 is 33.7 Å². The van der Waals surface area contributed by atoms with Crippen molar-refractivity contribution in [3.8, 4) is 5.75 Å². The second-order valence-electron chi connectivity index (χ2n) is 7.00. The Morgan fingerprint density at radius 1 is 1.16 bits per heavy atom. The molecule has 8 heteroatoms. The van der Waals surface area contributed by atoms with Gasteiger partial charge in [0.15, 0.2) is 0 Å². The number of benzene rings is 2. The van der Waals surface area contributed by atoms with E-state index in [1.165, 1.54) is 19.4 Å². The van der Waals surface area contributed by atoms with Crippen molar-refractivity contribution in [3.05, 3.63) is 82.3 Å². The second-order valence-corrected chi connectivity index (χ2v) is 7.00. The van der Waals surface area contributed by atoms with Crippen LogP contribution in [-0.2, 0) is 11.2 Å². The summed E-state index contributed by atoms with van der Waals surface area (Å²) < 4.78 is 10.4. The van der Waals surface area contributed by atoms with Crippen LogP contribution >= 0.6 is 0 Å². The van der Waals surface area contributed by atoms with Gasteiger partial charge in [0.1, 0.15) is 17.4 Å². The van der Waals surface area contributed by atoms with E-state index < -0.39 is 23.5 Å². The van der Waals surface area contributed by atoms with E-state index in [0.717, 1.165) is 10.9 Å². The Morgan fingerprint density at radius 2 is 1.97 bits per heavy atom. The number of nitrogens with zero attached hydrogens (tertiary/aromatic N) is 1. The summed E-state index contributed by atoms with van der Waals surface area (Å²) in [4.78, 5) is 41.1. The Morgan fingerprint density at radius 3 is 2.74 bits per heavy atom. The van der Waals surface area contributed by atoms with Crippen LogP contribution in [0, 0.1) is 0 Å². The minimum Gasteiger partial charge on any atom is -0.497 e. The van der Waals surface area contributed by atoms with Gasteiger partial charge in [0.05, 0.1) is 18.2 Å². The molecule has 1 atom stereocenters. The largest absolute Gasteiger partial charge is 0.497 e. The van der Waals surface area contributed by atoms with E-state index in [0.29, 0.717) is 27.8 Å². The fourth-order valence-electron chi connectivity index (χ4n) is 3.39. The average Bonchev–Trinajstić information content (AvgIpc) is 2.77. The first kappa shape index (κ1) is 20.1. The van der Waals surface area contributed by atoms with Crippen LogP contribution in [0.5, 0.6) is 5.75 Å². The topological polar surface area (TPSA) is 125 Å². The number of nitrogens with one attached hydrogen (secondary N) is 1. The van der Waals surface area contributed by atoms with Gasteiger partial charge in [-0.15, -0.1) is 0 Å². The molecule has 0 fully saturated rings. The lowest BCUT2D eigenvalue weighted by Gasteiger charge is -2.16. The standard InChI is InChI=1S/C23H19N3O5/c1-30-16-6-7-17-14(10-21(27)31-20(17)11-16)9-19(22(24)28)26-23(29)15-8-13-4-2-3-5-18(13)25-12-15/h2-8,10-12,19H,9H2,1H3,(H2,24,28)(H,26,29)/t19-/m1/s1. The van der Waals surface area contributed by atoms with E-state index in [-0.39, 0.29) is 6.42 Å². The molecule has 0 bridgehead atoms. The van der Waals surface area contributed by atoms with Gasteiger partial charge in [-0.3, -0.25) is 14.6 Å². The number of primary amides is 1. The lowest BCUT2D eigenvalue weighted by atomic mass is 10.0. The van der Waals surface area contributed by atoms with Gasteiger partial charge >= 0.3 is 5.63 Å². The predicted molar refractivity (Wildman–Crippen MR) is 115 cm³/mol. The molecule has 0 saturated carbocycles. The van der Waals surface area contributed by atoms with E-state index in [1.807, 2.05) is 24.3 Å². The fraction of sp³-hybridized carbons (Fsp3) is 0.130. The molecule has 0 unspecified atom stereocenters. The summed E-state index contributed by atoms with van der Waals surface area (Å²) in [5.74, 6) is -0.690. The van der Waals surface area contributed by atoms with Gasteiger partial charge in [-0.1, -0.05) is 18.2 Å². The predicted octanol–water partition coefficient (Wildman–Crippen LogP) is 2.18. The number of nitrogens with two attached hydrogens (primary N) is 1. The van der Waals surface area contributed by atoms with E-state index >= 15 is 0 Å². The Balaban J connectivity index is 1.63. The molecule has 31 heavy (non-hydrogen) atoms. The second kappa shape index (κ2) is 8.27. The smallest absolute Gasteiger partial charge is 0.336 e. The van der Waals surface area contributed by atoms with Crippen molar-refractivity contribution in [2.45, 2.75) is 12.5 Å². The van der Waals surface area contributed by atoms with Crippen molar-refractivity contribution in [1.29, 1.82) is 0 Å². The first-order valence-corrected chi connectivity index (χ1v) is 9.50. The van der Waals surface area contributed by atoms with Crippen LogP contribution in [0.25, 0.3) is 21.9 Å². The van der Waals surface area contributed by atoms with Crippen molar-refractivity contribution < 1.29 is 18.7 Å². The highest BCUT2D eigenvalue weighted by atomic mass is 16.5. The number of aromatic nitrogens is 1. The van der Waals surface area contributed by atoms with Crippen molar-refractivity contribution in [1.82, 2.24) is 10.3 Å². The molecular weight excluding hydrogens is 398 g/mol. The zero-order chi connectivity index (χ0) is 22.0. The number of fused-ring (bicyclic) bond motifs is 2. The summed E-state index contributed by atoms with van der Waals surface area (Å²) in [6, 6.07) is 14.3. The summed E-state index contributed by atoms with van der Waals surface area (Å²) in [5, 5.41) is 4.06. The average molecular weight is 417 g/mol. The molecule has 2 aromatic carbocycles. The molecule has 3 N–H and O–H groups in total. The summed E-state index contributed by atoms with van der Waals surface area (Å²) in [6.45, 7) is 0. The van der Waals surface area contributed by atoms with Crippen LogP contribution < -0.4 is 21.4 Å². The fourth-order valence-corrected chi connectivity index (χ4v) is 3.39. The van der Waals surface area contributed by atoms with E-state index in [2.05, 4.69) is 10.3 Å². The van der Waals surface area contributed by atoms with Crippen molar-refractivity contribution in [2.75, 3.05) is 7.11 Å². The Kier molecular flexibility index (Phi) is 5.36. The van der Waals surface area contributed by atoms with E-state index in [1.54, 1.807) is 24.3 Å². The highest BCUT2D eigenvalue weighted by molar-refractivity contribution is 5.99. The SMILES string of the molecule is COc1ccc2c(C[C@@H](NC(=O)c3cnc4ccccc4c3)C(N)=O)cc(=O)oc2c1. The molecule has 2 aromatic heterocycles. The monoisotopic (exact) mass is 417 g/mol. The first-order valence-electron chi connectivity index (χ1n) is 9.50. The van der Waals surface area contributed by atoms with Gasteiger partial charge in [-0.25, -0.2) is 4.79 Å². The molecule has 0 aliphatic heterocycles. The third-order valence-corrected chi connectivity index (χ3v) is 4.96. The van der Waals surface area contributed by atoms with Crippen molar-refractivity contribution in [2.24, 2.45) is 5.73 Å².